The van der Waals surface area contributed by atoms with Crippen LogP contribution in [0.15, 0.2) is 48.5 Å². The third kappa shape index (κ3) is 4.28. The van der Waals surface area contributed by atoms with Crippen LogP contribution >= 0.6 is 11.6 Å². The number of imide groups is 1. The number of benzene rings is 2. The number of nitrogens with one attached hydrogen (secondary N) is 2. The average molecular weight is 456 g/mol. The first-order valence-corrected chi connectivity index (χ1v) is 10.9. The van der Waals surface area contributed by atoms with E-state index in [4.69, 9.17) is 11.6 Å². The summed E-state index contributed by atoms with van der Waals surface area (Å²) in [5, 5.41) is 6.05. The molecule has 168 valence electrons. The van der Waals surface area contributed by atoms with E-state index < -0.39 is 23.4 Å². The summed E-state index contributed by atoms with van der Waals surface area (Å²) in [7, 11) is 2.07. The number of piperazine rings is 1. The molecule has 4 rings (SSSR count). The number of urea groups is 1. The zero-order chi connectivity index (χ0) is 22.9. The summed E-state index contributed by atoms with van der Waals surface area (Å²) in [5.41, 5.74) is 0.875. The molecule has 8 nitrogen and oxygen atoms in total. The summed E-state index contributed by atoms with van der Waals surface area (Å²) in [5.74, 6) is -0.933. The number of halogens is 1. The van der Waals surface area contributed by atoms with E-state index >= 15 is 0 Å². The number of likely N-dealkylation sites (N-methyl/N-ethyl adjacent to an activating group) is 1. The Labute approximate surface area is 192 Å². The van der Waals surface area contributed by atoms with Crippen LogP contribution in [0.2, 0.25) is 5.02 Å². The van der Waals surface area contributed by atoms with Crippen molar-refractivity contribution in [3.8, 4) is 0 Å². The maximum absolute atomic E-state index is 13.1. The lowest BCUT2D eigenvalue weighted by molar-refractivity contribution is -0.133. The van der Waals surface area contributed by atoms with Crippen LogP contribution in [-0.2, 0) is 15.1 Å². The summed E-state index contributed by atoms with van der Waals surface area (Å²) in [6.45, 7) is 4.73. The molecule has 0 aromatic heterocycles. The van der Waals surface area contributed by atoms with Crippen LogP contribution in [-0.4, -0.2) is 67.4 Å². The predicted molar refractivity (Wildman–Crippen MR) is 124 cm³/mol. The zero-order valence-electron chi connectivity index (χ0n) is 18.1. The molecule has 0 saturated carbocycles. The van der Waals surface area contributed by atoms with Gasteiger partial charge in [0.2, 0.25) is 5.91 Å². The molecule has 0 spiro atoms. The second-order valence-corrected chi connectivity index (χ2v) is 8.75. The second-order valence-electron chi connectivity index (χ2n) is 8.31. The molecule has 4 amide bonds. The van der Waals surface area contributed by atoms with E-state index in [1.54, 1.807) is 43.3 Å². The molecule has 0 radical (unpaired) electrons. The van der Waals surface area contributed by atoms with Gasteiger partial charge in [-0.3, -0.25) is 14.5 Å². The van der Waals surface area contributed by atoms with Gasteiger partial charge in [-0.05, 0) is 37.7 Å². The first kappa shape index (κ1) is 22.1. The molecule has 2 aliphatic rings. The van der Waals surface area contributed by atoms with Crippen molar-refractivity contribution >= 4 is 40.8 Å². The summed E-state index contributed by atoms with van der Waals surface area (Å²) in [6, 6.07) is 13.7. The minimum atomic E-state index is -1.21. The van der Waals surface area contributed by atoms with E-state index in [0.717, 1.165) is 36.8 Å². The molecule has 9 heteroatoms. The monoisotopic (exact) mass is 455 g/mol. The Morgan fingerprint density at radius 1 is 1.09 bits per heavy atom. The lowest BCUT2D eigenvalue weighted by Crippen LogP contribution is -2.45. The van der Waals surface area contributed by atoms with Gasteiger partial charge in [0, 0.05) is 31.2 Å². The molecule has 2 saturated heterocycles. The van der Waals surface area contributed by atoms with E-state index in [0.29, 0.717) is 16.3 Å². The Kier molecular flexibility index (Phi) is 6.08. The molecule has 2 heterocycles. The van der Waals surface area contributed by atoms with Crippen molar-refractivity contribution in [3.05, 3.63) is 59.1 Å². The minimum absolute atomic E-state index is 0.387. The van der Waals surface area contributed by atoms with Crippen LogP contribution in [0.3, 0.4) is 0 Å². The minimum Gasteiger partial charge on any atom is -0.367 e. The Balaban J connectivity index is 1.49. The molecule has 2 N–H and O–H groups in total. The molecule has 2 aliphatic heterocycles. The fourth-order valence-electron chi connectivity index (χ4n) is 4.07. The molecule has 2 aromatic carbocycles. The molecular weight excluding hydrogens is 430 g/mol. The first-order valence-electron chi connectivity index (χ1n) is 10.5. The highest BCUT2D eigenvalue weighted by atomic mass is 35.5. The highest BCUT2D eigenvalue weighted by Crippen LogP contribution is 2.31. The number of carbonyl (C=O) groups is 3. The zero-order valence-corrected chi connectivity index (χ0v) is 18.9. The van der Waals surface area contributed by atoms with Crippen molar-refractivity contribution in [3.63, 3.8) is 0 Å². The Morgan fingerprint density at radius 3 is 2.47 bits per heavy atom. The number of anilines is 2. The molecule has 2 aromatic rings. The number of hydrogen-bond acceptors (Lipinski definition) is 5. The second kappa shape index (κ2) is 8.80. The van der Waals surface area contributed by atoms with Crippen LogP contribution in [0.25, 0.3) is 0 Å². The lowest BCUT2D eigenvalue weighted by atomic mass is 9.92. The largest absolute Gasteiger partial charge is 0.367 e. The van der Waals surface area contributed by atoms with Gasteiger partial charge >= 0.3 is 6.03 Å². The van der Waals surface area contributed by atoms with Gasteiger partial charge < -0.3 is 20.4 Å². The number of hydrogen-bond donors (Lipinski definition) is 2. The topological polar surface area (TPSA) is 85.0 Å². The number of rotatable bonds is 5. The van der Waals surface area contributed by atoms with E-state index in [9.17, 15) is 14.4 Å². The lowest BCUT2D eigenvalue weighted by Gasteiger charge is -2.35. The maximum Gasteiger partial charge on any atom is 0.325 e. The van der Waals surface area contributed by atoms with Gasteiger partial charge in [-0.15, -0.1) is 0 Å². The smallest absolute Gasteiger partial charge is 0.325 e. The summed E-state index contributed by atoms with van der Waals surface area (Å²) in [6.07, 6.45) is 0. The molecular formula is C23H26ClN5O3. The van der Waals surface area contributed by atoms with Crippen molar-refractivity contribution in [2.24, 2.45) is 0 Å². The van der Waals surface area contributed by atoms with Crippen molar-refractivity contribution in [2.45, 2.75) is 12.5 Å². The molecule has 32 heavy (non-hydrogen) atoms. The quantitative estimate of drug-likeness (QED) is 0.677. The summed E-state index contributed by atoms with van der Waals surface area (Å²) < 4.78 is 0. The van der Waals surface area contributed by atoms with Gasteiger partial charge in [0.1, 0.15) is 12.1 Å². The summed E-state index contributed by atoms with van der Waals surface area (Å²) >= 11 is 6.18. The van der Waals surface area contributed by atoms with Gasteiger partial charge in [0.25, 0.3) is 5.91 Å². The fourth-order valence-corrected chi connectivity index (χ4v) is 4.24. The standard InChI is InChI=1S/C23H26ClN5O3/c1-23(16-6-4-3-5-7-16)21(31)29(22(32)26-23)15-20(30)25-18-14-17(24)8-9-19(18)28-12-10-27(2)11-13-28/h3-9,14H,10-13,15H2,1-2H3,(H,25,30)(H,26,32)/t23-/m1/s1. The van der Waals surface area contributed by atoms with Crippen molar-refractivity contribution in [1.29, 1.82) is 0 Å². The number of carbonyl (C=O) groups excluding carboxylic acids is 3. The number of nitrogens with zero attached hydrogens (tertiary/aromatic N) is 3. The van der Waals surface area contributed by atoms with Crippen LogP contribution in [0.4, 0.5) is 16.2 Å². The number of amides is 4. The highest BCUT2D eigenvalue weighted by Gasteiger charge is 2.49. The van der Waals surface area contributed by atoms with E-state index in [1.807, 2.05) is 12.1 Å². The Bertz CT molecular complexity index is 1040. The average Bonchev–Trinajstić information content (AvgIpc) is 2.99. The predicted octanol–water partition coefficient (Wildman–Crippen LogP) is 2.50. The molecule has 0 aliphatic carbocycles. The van der Waals surface area contributed by atoms with Crippen LogP contribution in [0.5, 0.6) is 0 Å². The normalized spacial score (nSPS) is 21.6. The fraction of sp³-hybridized carbons (Fsp3) is 0.348. The maximum atomic E-state index is 13.1. The van der Waals surface area contributed by atoms with Gasteiger partial charge in [-0.1, -0.05) is 41.9 Å². The third-order valence-corrected chi connectivity index (χ3v) is 6.24. The van der Waals surface area contributed by atoms with Gasteiger partial charge in [0.05, 0.1) is 11.4 Å². The van der Waals surface area contributed by atoms with Crippen LogP contribution < -0.4 is 15.5 Å². The Hall–Kier alpha value is -3.10. The molecule has 0 unspecified atom stereocenters. The molecule has 2 fully saturated rings. The van der Waals surface area contributed by atoms with Crippen molar-refractivity contribution in [1.82, 2.24) is 15.1 Å². The van der Waals surface area contributed by atoms with Gasteiger partial charge in [-0.2, -0.15) is 0 Å². The van der Waals surface area contributed by atoms with E-state index in [1.165, 1.54) is 0 Å². The van der Waals surface area contributed by atoms with Gasteiger partial charge in [0.15, 0.2) is 0 Å². The van der Waals surface area contributed by atoms with Crippen molar-refractivity contribution in [2.75, 3.05) is 50.0 Å². The van der Waals surface area contributed by atoms with E-state index in [-0.39, 0.29) is 6.54 Å². The van der Waals surface area contributed by atoms with Gasteiger partial charge in [-0.25, -0.2) is 4.79 Å². The SMILES string of the molecule is CN1CCN(c2ccc(Cl)cc2NC(=O)CN2C(=O)N[C@](C)(c3ccccc3)C2=O)CC1. The first-order chi connectivity index (χ1) is 15.3. The van der Waals surface area contributed by atoms with E-state index in [2.05, 4.69) is 27.5 Å². The van der Waals surface area contributed by atoms with Crippen molar-refractivity contribution < 1.29 is 14.4 Å². The summed E-state index contributed by atoms with van der Waals surface area (Å²) in [4.78, 5) is 43.8. The Morgan fingerprint density at radius 2 is 1.78 bits per heavy atom. The molecule has 0 bridgehead atoms. The molecule has 1 atom stereocenters. The third-order valence-electron chi connectivity index (χ3n) is 6.00. The van der Waals surface area contributed by atoms with Crippen LogP contribution in [0.1, 0.15) is 12.5 Å². The van der Waals surface area contributed by atoms with Crippen LogP contribution in [0, 0.1) is 0 Å². The highest BCUT2D eigenvalue weighted by molar-refractivity contribution is 6.31.